The molecule has 3 atom stereocenters. The lowest BCUT2D eigenvalue weighted by molar-refractivity contribution is 0.535. The smallest absolute Gasteiger partial charge is 0.134 e. The number of anilines is 2. The van der Waals surface area contributed by atoms with Crippen molar-refractivity contribution in [2.45, 2.75) is 48.5 Å². The largest absolute Gasteiger partial charge is 0.315 e. The highest BCUT2D eigenvalue weighted by Gasteiger charge is 2.51. The molecule has 5 aromatic rings. The van der Waals surface area contributed by atoms with Crippen LogP contribution in [-0.2, 0) is 0 Å². The number of fused-ring (bicyclic) bond motifs is 9. The van der Waals surface area contributed by atoms with Crippen LogP contribution in [0.1, 0.15) is 49.1 Å². The first-order chi connectivity index (χ1) is 24.3. The Morgan fingerprint density at radius 1 is 0.714 bits per heavy atom. The van der Waals surface area contributed by atoms with Gasteiger partial charge in [0.25, 0.3) is 0 Å². The van der Waals surface area contributed by atoms with Crippen molar-refractivity contribution in [3.05, 3.63) is 172 Å². The molecule has 0 fully saturated rings. The van der Waals surface area contributed by atoms with E-state index in [1.165, 1.54) is 68.6 Å². The third-order valence-electron chi connectivity index (χ3n) is 11.8. The van der Waals surface area contributed by atoms with Gasteiger partial charge in [-0.25, -0.2) is 0 Å². The van der Waals surface area contributed by atoms with Gasteiger partial charge in [0.1, 0.15) is 8.80 Å². The van der Waals surface area contributed by atoms with Gasteiger partial charge >= 0.3 is 0 Å². The van der Waals surface area contributed by atoms with Crippen LogP contribution in [0.2, 0.25) is 5.54 Å². The Morgan fingerprint density at radius 3 is 2.53 bits per heavy atom. The normalized spacial score (nSPS) is 23.3. The van der Waals surface area contributed by atoms with Crippen molar-refractivity contribution in [1.82, 2.24) is 0 Å². The molecule has 3 heteroatoms. The summed E-state index contributed by atoms with van der Waals surface area (Å²) >= 11 is 2.06. The highest BCUT2D eigenvalue weighted by Crippen LogP contribution is 2.61. The second kappa shape index (κ2) is 11.0. The molecule has 49 heavy (non-hydrogen) atoms. The van der Waals surface area contributed by atoms with Gasteiger partial charge in [0, 0.05) is 38.3 Å². The maximum atomic E-state index is 2.70. The van der Waals surface area contributed by atoms with Crippen molar-refractivity contribution < 1.29 is 0 Å². The topological polar surface area (TPSA) is 3.24 Å². The Hall–Kier alpha value is -4.57. The Bertz CT molecular complexity index is 2390. The summed E-state index contributed by atoms with van der Waals surface area (Å²) in [7, 11) is -1.04. The molecule has 0 saturated heterocycles. The minimum absolute atomic E-state index is 0.500. The fraction of sp³-hybridized carbons (Fsp3) is 0.174. The summed E-state index contributed by atoms with van der Waals surface area (Å²) in [4.78, 5) is 5.75. The fourth-order valence-electron chi connectivity index (χ4n) is 9.61. The molecular formula is C46H36NSSi. The summed E-state index contributed by atoms with van der Waals surface area (Å²) in [6.07, 6.45) is 18.6. The Labute approximate surface area is 294 Å². The first-order valence-electron chi connectivity index (χ1n) is 18.0. The number of hydrogen-bond donors (Lipinski definition) is 0. The molecule has 5 aromatic carbocycles. The predicted molar refractivity (Wildman–Crippen MR) is 209 cm³/mol. The number of nitrogens with zero attached hydrogens (tertiary/aromatic N) is 1. The Kier molecular flexibility index (Phi) is 6.33. The summed E-state index contributed by atoms with van der Waals surface area (Å²) < 4.78 is 0. The summed E-state index contributed by atoms with van der Waals surface area (Å²) in [5, 5.41) is 5.94. The molecule has 0 N–H and O–H groups in total. The molecule has 0 aromatic heterocycles. The van der Waals surface area contributed by atoms with Crippen LogP contribution in [0, 0.1) is 5.92 Å². The van der Waals surface area contributed by atoms with Gasteiger partial charge in [0.2, 0.25) is 0 Å². The average Bonchev–Trinajstić information content (AvgIpc) is 3.72. The van der Waals surface area contributed by atoms with E-state index in [9.17, 15) is 0 Å². The molecule has 0 spiro atoms. The SMILES string of the molecule is C1=CC(C2CC=C3C(C2)[Si]2C4=CCC5C(=C4c4cccc(c42)N3c2cccc(-c3ccc4ccccc4c3)c2)Sc2ccccc25)=CCC1. The van der Waals surface area contributed by atoms with Crippen LogP contribution in [0.5, 0.6) is 0 Å². The number of allylic oxidation sites excluding steroid dienone is 10. The van der Waals surface area contributed by atoms with Gasteiger partial charge in [0.15, 0.2) is 0 Å². The second-order valence-corrected chi connectivity index (χ2v) is 18.0. The minimum atomic E-state index is -1.04. The third-order valence-corrected chi connectivity index (χ3v) is 16.4. The lowest BCUT2D eigenvalue weighted by atomic mass is 9.83. The van der Waals surface area contributed by atoms with Crippen LogP contribution >= 0.6 is 11.8 Å². The van der Waals surface area contributed by atoms with Crippen LogP contribution in [0.4, 0.5) is 11.4 Å². The predicted octanol–water partition coefficient (Wildman–Crippen LogP) is 11.8. The van der Waals surface area contributed by atoms with Crippen molar-refractivity contribution in [2.24, 2.45) is 5.92 Å². The Morgan fingerprint density at radius 2 is 1.59 bits per heavy atom. The standard InChI is InChI=1S/C46H36NSSi/c1-2-10-29(11-3-1)34-22-24-39-43(28-34)49-42-25-23-37-36-16-6-7-19-41(36)48-45(37)44(42)38-17-9-18-40(46(38)49)47(39)35-15-8-14-32(27-35)33-21-20-30-12-4-5-13-31(30)26-33/h2,4-21,24-27,34,37,43H,1,3,22-23,28H2. The van der Waals surface area contributed by atoms with Gasteiger partial charge in [-0.3, -0.25) is 0 Å². The minimum Gasteiger partial charge on any atom is -0.315 e. The first kappa shape index (κ1) is 28.3. The van der Waals surface area contributed by atoms with Crippen molar-refractivity contribution in [2.75, 3.05) is 4.90 Å². The van der Waals surface area contributed by atoms with E-state index in [-0.39, 0.29) is 0 Å². The molecule has 6 aliphatic rings. The van der Waals surface area contributed by atoms with Crippen molar-refractivity contribution in [1.29, 1.82) is 0 Å². The van der Waals surface area contributed by atoms with E-state index < -0.39 is 8.80 Å². The van der Waals surface area contributed by atoms with E-state index in [0.717, 1.165) is 12.8 Å². The molecule has 3 unspecified atom stereocenters. The molecule has 1 nitrogen and oxygen atoms in total. The fourth-order valence-corrected chi connectivity index (χ4v) is 15.0. The third kappa shape index (κ3) is 4.25. The summed E-state index contributed by atoms with van der Waals surface area (Å²) in [6, 6.07) is 41.3. The van der Waals surface area contributed by atoms with Crippen LogP contribution in [0.3, 0.4) is 0 Å². The Balaban J connectivity index is 1.09. The van der Waals surface area contributed by atoms with E-state index in [1.807, 2.05) is 0 Å². The van der Waals surface area contributed by atoms with Crippen LogP contribution < -0.4 is 10.1 Å². The maximum absolute atomic E-state index is 2.70. The van der Waals surface area contributed by atoms with E-state index in [2.05, 4.69) is 156 Å². The van der Waals surface area contributed by atoms with Gasteiger partial charge < -0.3 is 4.90 Å². The van der Waals surface area contributed by atoms with Crippen molar-refractivity contribution in [3.63, 3.8) is 0 Å². The molecule has 3 heterocycles. The number of thioether (sulfide) groups is 1. The average molecular weight is 663 g/mol. The van der Waals surface area contributed by atoms with Gasteiger partial charge in [-0.2, -0.15) is 0 Å². The summed E-state index contributed by atoms with van der Waals surface area (Å²) in [6.45, 7) is 0. The van der Waals surface area contributed by atoms with Gasteiger partial charge in [-0.15, -0.1) is 0 Å². The number of hydrogen-bond acceptors (Lipinski definition) is 2. The van der Waals surface area contributed by atoms with E-state index >= 15 is 0 Å². The molecule has 0 saturated carbocycles. The molecule has 235 valence electrons. The summed E-state index contributed by atoms with van der Waals surface area (Å²) in [5.74, 6) is 1.10. The van der Waals surface area contributed by atoms with Crippen LogP contribution in [0.25, 0.3) is 27.5 Å². The van der Waals surface area contributed by atoms with E-state index in [0.29, 0.717) is 17.4 Å². The maximum Gasteiger partial charge on any atom is 0.134 e. The van der Waals surface area contributed by atoms with E-state index in [4.69, 9.17) is 0 Å². The lowest BCUT2D eigenvalue weighted by Crippen LogP contribution is -2.47. The lowest BCUT2D eigenvalue weighted by Gasteiger charge is -2.45. The summed E-state index contributed by atoms with van der Waals surface area (Å²) in [5.41, 5.74) is 13.5. The molecular weight excluding hydrogens is 627 g/mol. The highest BCUT2D eigenvalue weighted by molar-refractivity contribution is 8.03. The molecule has 1 radical (unpaired) electrons. The molecule has 3 aliphatic carbocycles. The van der Waals surface area contributed by atoms with Crippen molar-refractivity contribution in [3.8, 4) is 11.1 Å². The zero-order chi connectivity index (χ0) is 32.1. The van der Waals surface area contributed by atoms with Crippen LogP contribution in [0.15, 0.2) is 166 Å². The number of benzene rings is 5. The monoisotopic (exact) mass is 662 g/mol. The van der Waals surface area contributed by atoms with E-state index in [1.54, 1.807) is 32.1 Å². The second-order valence-electron chi connectivity index (χ2n) is 14.4. The quantitative estimate of drug-likeness (QED) is 0.177. The number of rotatable bonds is 3. The zero-order valence-electron chi connectivity index (χ0n) is 27.4. The molecule has 3 aliphatic heterocycles. The van der Waals surface area contributed by atoms with Crippen molar-refractivity contribution >= 4 is 53.5 Å². The highest BCUT2D eigenvalue weighted by atomic mass is 32.2. The first-order valence-corrected chi connectivity index (χ1v) is 20.4. The van der Waals surface area contributed by atoms with Crippen LogP contribution in [-0.4, -0.2) is 8.80 Å². The molecule has 0 bridgehead atoms. The molecule has 11 rings (SSSR count). The van der Waals surface area contributed by atoms with Gasteiger partial charge in [-0.1, -0.05) is 126 Å². The zero-order valence-corrected chi connectivity index (χ0v) is 29.2. The van der Waals surface area contributed by atoms with Gasteiger partial charge in [0.05, 0.1) is 0 Å². The van der Waals surface area contributed by atoms with Gasteiger partial charge in [-0.05, 0) is 118 Å². The molecule has 0 amide bonds.